The number of hydrogen-bond acceptors (Lipinski definition) is 2. The average molecular weight is 127 g/mol. The molecule has 3 heteroatoms. The molecule has 0 aromatic heterocycles. The summed E-state index contributed by atoms with van der Waals surface area (Å²) in [5.41, 5.74) is 3.96. The molecule has 0 radical (unpaired) electrons. The van der Waals surface area contributed by atoms with Crippen LogP contribution in [-0.4, -0.2) is 16.6 Å². The van der Waals surface area contributed by atoms with Crippen LogP contribution in [0.15, 0.2) is 0 Å². The fraction of sp³-hybridized carbons (Fsp3) is 0.500. The van der Waals surface area contributed by atoms with Crippen molar-refractivity contribution < 1.29 is 9.90 Å². The minimum Gasteiger partial charge on any atom is -0.480 e. The van der Waals surface area contributed by atoms with E-state index in [-0.39, 0.29) is 6.42 Å². The molecule has 0 aromatic rings. The summed E-state index contributed by atoms with van der Waals surface area (Å²) >= 11 is 0. The van der Waals surface area contributed by atoms with E-state index in [1.54, 1.807) is 0 Å². The Morgan fingerprint density at radius 2 is 2.44 bits per heavy atom. The van der Waals surface area contributed by atoms with Crippen LogP contribution in [0.2, 0.25) is 0 Å². The van der Waals surface area contributed by atoms with Crippen molar-refractivity contribution >= 4 is 5.97 Å². The van der Waals surface area contributed by atoms with Crippen LogP contribution in [0, 0.1) is 12.3 Å². The second-order valence-electron chi connectivity index (χ2n) is 2.10. The Kier molecular flexibility index (Phi) is 2.23. The minimum atomic E-state index is -1.27. The lowest BCUT2D eigenvalue weighted by atomic mass is 10.0. The lowest BCUT2D eigenvalue weighted by molar-refractivity contribution is -0.142. The molecule has 0 rings (SSSR count). The topological polar surface area (TPSA) is 63.3 Å². The van der Waals surface area contributed by atoms with Crippen LogP contribution in [-0.2, 0) is 4.79 Å². The molecule has 0 aliphatic heterocycles. The first-order valence-corrected chi connectivity index (χ1v) is 2.46. The van der Waals surface area contributed by atoms with E-state index in [9.17, 15) is 4.79 Å². The molecule has 0 aliphatic rings. The summed E-state index contributed by atoms with van der Waals surface area (Å²) in [6.45, 7) is 1.38. The van der Waals surface area contributed by atoms with Crippen molar-refractivity contribution in [2.75, 3.05) is 0 Å². The van der Waals surface area contributed by atoms with Crippen molar-refractivity contribution in [2.45, 2.75) is 18.9 Å². The summed E-state index contributed by atoms with van der Waals surface area (Å²) < 4.78 is 0. The molecule has 0 saturated carbocycles. The van der Waals surface area contributed by atoms with Gasteiger partial charge < -0.3 is 10.8 Å². The highest BCUT2D eigenvalue weighted by molar-refractivity contribution is 5.78. The molecule has 0 aliphatic carbocycles. The van der Waals surface area contributed by atoms with E-state index in [1.165, 1.54) is 6.92 Å². The van der Waals surface area contributed by atoms with Gasteiger partial charge in [0.2, 0.25) is 0 Å². The summed E-state index contributed by atoms with van der Waals surface area (Å²) in [4.78, 5) is 10.2. The van der Waals surface area contributed by atoms with Gasteiger partial charge in [0.1, 0.15) is 5.54 Å². The molecule has 0 heterocycles. The summed E-state index contributed by atoms with van der Waals surface area (Å²) in [6.07, 6.45) is 4.92. The zero-order valence-corrected chi connectivity index (χ0v) is 5.22. The van der Waals surface area contributed by atoms with Crippen molar-refractivity contribution in [3.8, 4) is 12.3 Å². The van der Waals surface area contributed by atoms with Gasteiger partial charge in [-0.1, -0.05) is 0 Å². The third-order valence-electron chi connectivity index (χ3n) is 0.958. The van der Waals surface area contributed by atoms with Crippen molar-refractivity contribution in [3.63, 3.8) is 0 Å². The lowest BCUT2D eigenvalue weighted by Crippen LogP contribution is -2.44. The fourth-order valence-corrected chi connectivity index (χ4v) is 0.288. The first-order chi connectivity index (χ1) is 4.00. The Morgan fingerprint density at radius 1 is 2.00 bits per heavy atom. The molecule has 0 unspecified atom stereocenters. The number of terminal acetylenes is 1. The maximum Gasteiger partial charge on any atom is 0.324 e. The van der Waals surface area contributed by atoms with Gasteiger partial charge in [0.05, 0.1) is 0 Å². The van der Waals surface area contributed by atoms with Gasteiger partial charge >= 0.3 is 5.97 Å². The Labute approximate surface area is 53.9 Å². The number of nitrogens with two attached hydrogens (primary N) is 1. The molecule has 1 atom stereocenters. The summed E-state index contributed by atoms with van der Waals surface area (Å²) in [6, 6.07) is 0. The van der Waals surface area contributed by atoms with E-state index in [1.807, 2.05) is 0 Å². The van der Waals surface area contributed by atoms with Gasteiger partial charge in [-0.2, -0.15) is 0 Å². The standard InChI is InChI=1S/C6H9NO2/c1-3-4-6(2,7)5(8)9/h1H,4,7H2,2H3,(H,8,9)/t6-/m0/s1. The van der Waals surface area contributed by atoms with E-state index >= 15 is 0 Å². The zero-order chi connectivity index (χ0) is 7.49. The Bertz CT molecular complexity index is 155. The van der Waals surface area contributed by atoms with Gasteiger partial charge in [-0.25, -0.2) is 0 Å². The number of carboxylic acid groups (broad SMARTS) is 1. The highest BCUT2D eigenvalue weighted by atomic mass is 16.4. The second kappa shape index (κ2) is 2.51. The van der Waals surface area contributed by atoms with Gasteiger partial charge in [-0.3, -0.25) is 4.79 Å². The number of aliphatic carboxylic acids is 1. The third kappa shape index (κ3) is 2.15. The van der Waals surface area contributed by atoms with E-state index < -0.39 is 11.5 Å². The van der Waals surface area contributed by atoms with Crippen LogP contribution in [0.1, 0.15) is 13.3 Å². The second-order valence-corrected chi connectivity index (χ2v) is 2.10. The van der Waals surface area contributed by atoms with Gasteiger partial charge in [0.25, 0.3) is 0 Å². The molecule has 0 aromatic carbocycles. The quantitative estimate of drug-likeness (QED) is 0.505. The fourth-order valence-electron chi connectivity index (χ4n) is 0.288. The number of carboxylic acids is 1. The highest BCUT2D eigenvalue weighted by Gasteiger charge is 2.25. The first-order valence-electron chi connectivity index (χ1n) is 2.46. The van der Waals surface area contributed by atoms with Crippen LogP contribution < -0.4 is 5.73 Å². The molecule has 0 spiro atoms. The van der Waals surface area contributed by atoms with Gasteiger partial charge in [-0.05, 0) is 6.92 Å². The smallest absolute Gasteiger partial charge is 0.324 e. The number of hydrogen-bond donors (Lipinski definition) is 2. The summed E-state index contributed by atoms with van der Waals surface area (Å²) in [5, 5.41) is 8.35. The molecule has 0 fully saturated rings. The maximum absolute atomic E-state index is 10.2. The molecule has 0 saturated heterocycles. The monoisotopic (exact) mass is 127 g/mol. The van der Waals surface area contributed by atoms with Crippen LogP contribution in [0.3, 0.4) is 0 Å². The van der Waals surface area contributed by atoms with Crippen LogP contribution in [0.4, 0.5) is 0 Å². The molecule has 50 valence electrons. The Balaban J connectivity index is 4.06. The molecule has 9 heavy (non-hydrogen) atoms. The Hall–Kier alpha value is -1.01. The van der Waals surface area contributed by atoms with E-state index in [4.69, 9.17) is 17.3 Å². The molecule has 0 bridgehead atoms. The van der Waals surface area contributed by atoms with E-state index in [0.717, 1.165) is 0 Å². The predicted molar refractivity (Wildman–Crippen MR) is 33.7 cm³/mol. The highest BCUT2D eigenvalue weighted by Crippen LogP contribution is 2.02. The van der Waals surface area contributed by atoms with Crippen molar-refractivity contribution in [1.82, 2.24) is 0 Å². The van der Waals surface area contributed by atoms with Crippen LogP contribution in [0.25, 0.3) is 0 Å². The largest absolute Gasteiger partial charge is 0.480 e. The number of rotatable bonds is 2. The van der Waals surface area contributed by atoms with E-state index in [2.05, 4.69) is 5.92 Å². The van der Waals surface area contributed by atoms with Gasteiger partial charge in [0, 0.05) is 6.42 Å². The van der Waals surface area contributed by atoms with Crippen molar-refractivity contribution in [3.05, 3.63) is 0 Å². The normalized spacial score (nSPS) is 15.7. The molecular weight excluding hydrogens is 118 g/mol. The Morgan fingerprint density at radius 3 is 2.56 bits per heavy atom. The molecule has 3 nitrogen and oxygen atoms in total. The lowest BCUT2D eigenvalue weighted by Gasteiger charge is -2.14. The molecule has 0 amide bonds. The van der Waals surface area contributed by atoms with Gasteiger partial charge in [-0.15, -0.1) is 12.3 Å². The van der Waals surface area contributed by atoms with Crippen LogP contribution >= 0.6 is 0 Å². The first kappa shape index (κ1) is 7.99. The van der Waals surface area contributed by atoms with E-state index in [0.29, 0.717) is 0 Å². The van der Waals surface area contributed by atoms with Crippen molar-refractivity contribution in [2.24, 2.45) is 5.73 Å². The van der Waals surface area contributed by atoms with Crippen molar-refractivity contribution in [1.29, 1.82) is 0 Å². The maximum atomic E-state index is 10.2. The third-order valence-corrected chi connectivity index (χ3v) is 0.958. The molecule has 3 N–H and O–H groups in total. The summed E-state index contributed by atoms with van der Waals surface area (Å²) in [5.74, 6) is 1.11. The van der Waals surface area contributed by atoms with Crippen LogP contribution in [0.5, 0.6) is 0 Å². The summed E-state index contributed by atoms with van der Waals surface area (Å²) in [7, 11) is 0. The zero-order valence-electron chi connectivity index (χ0n) is 5.22. The average Bonchev–Trinajstić information content (AvgIpc) is 1.65. The predicted octanol–water partition coefficient (Wildman–Crippen LogP) is -0.188. The molecular formula is C6H9NO2. The minimum absolute atomic E-state index is 0.0579. The van der Waals surface area contributed by atoms with Gasteiger partial charge in [0.15, 0.2) is 0 Å². The number of carbonyl (C=O) groups is 1. The SMILES string of the molecule is C#CC[C@](C)(N)C(=O)O.